The van der Waals surface area contributed by atoms with Crippen LogP contribution in [0.1, 0.15) is 0 Å². The molecule has 1 heterocycles. The zero-order valence-corrected chi connectivity index (χ0v) is 5.78. The average molecular weight is 144 g/mol. The third-order valence-electron chi connectivity index (χ3n) is 1.57. The van der Waals surface area contributed by atoms with E-state index < -0.39 is 0 Å². The van der Waals surface area contributed by atoms with E-state index in [4.69, 9.17) is 0 Å². The van der Waals surface area contributed by atoms with E-state index in [1.165, 1.54) is 0 Å². The normalized spacial score (nSPS) is 10.2. The summed E-state index contributed by atoms with van der Waals surface area (Å²) >= 11 is 0. The van der Waals surface area contributed by atoms with E-state index in [0.29, 0.717) is 0 Å². The first-order valence-electron chi connectivity index (χ1n) is 3.33. The van der Waals surface area contributed by atoms with Gasteiger partial charge in [-0.3, -0.25) is 0 Å². The lowest BCUT2D eigenvalue weighted by Crippen LogP contribution is -1.76. The highest BCUT2D eigenvalue weighted by Crippen LogP contribution is 2.20. The SMILES string of the molecule is Oc1cccc2n[c]ccc12. The number of phenolic OH excluding ortho intramolecular Hbond substituents is 1. The molecule has 53 valence electrons. The van der Waals surface area contributed by atoms with Gasteiger partial charge in [-0.25, -0.2) is 4.98 Å². The minimum absolute atomic E-state index is 0.268. The number of fused-ring (bicyclic) bond motifs is 1. The lowest BCUT2D eigenvalue weighted by molar-refractivity contribution is 0.481. The maximum atomic E-state index is 9.32. The second kappa shape index (κ2) is 2.23. The molecule has 0 aliphatic carbocycles. The van der Waals surface area contributed by atoms with Crippen molar-refractivity contribution in [3.05, 3.63) is 36.5 Å². The molecule has 2 aromatic rings. The molecule has 2 nitrogen and oxygen atoms in total. The molecular weight excluding hydrogens is 138 g/mol. The summed E-state index contributed by atoms with van der Waals surface area (Å²) in [5.41, 5.74) is 0.771. The fourth-order valence-electron chi connectivity index (χ4n) is 1.04. The van der Waals surface area contributed by atoms with Crippen LogP contribution in [0.2, 0.25) is 0 Å². The maximum absolute atomic E-state index is 9.32. The van der Waals surface area contributed by atoms with Gasteiger partial charge in [0.1, 0.15) is 5.75 Å². The van der Waals surface area contributed by atoms with Crippen LogP contribution in [0.4, 0.5) is 0 Å². The van der Waals surface area contributed by atoms with Gasteiger partial charge in [0.15, 0.2) is 0 Å². The van der Waals surface area contributed by atoms with Crippen molar-refractivity contribution in [3.8, 4) is 5.75 Å². The van der Waals surface area contributed by atoms with Crippen molar-refractivity contribution >= 4 is 10.9 Å². The first kappa shape index (κ1) is 6.16. The highest BCUT2D eigenvalue weighted by molar-refractivity contribution is 5.84. The highest BCUT2D eigenvalue weighted by atomic mass is 16.3. The van der Waals surface area contributed by atoms with Gasteiger partial charge in [-0.2, -0.15) is 0 Å². The number of aromatic nitrogens is 1. The summed E-state index contributed by atoms with van der Waals surface area (Å²) in [6, 6.07) is 8.72. The number of phenols is 1. The van der Waals surface area contributed by atoms with E-state index in [1.807, 2.05) is 6.07 Å². The third kappa shape index (κ3) is 0.923. The molecule has 1 aromatic heterocycles. The molecule has 0 aliphatic heterocycles. The number of hydrogen-bond donors (Lipinski definition) is 1. The van der Waals surface area contributed by atoms with Crippen LogP contribution in [0.3, 0.4) is 0 Å². The van der Waals surface area contributed by atoms with Crippen LogP contribution in [0.5, 0.6) is 5.75 Å². The van der Waals surface area contributed by atoms with Crippen LogP contribution >= 0.6 is 0 Å². The quantitative estimate of drug-likeness (QED) is 0.611. The number of hydrogen-bond acceptors (Lipinski definition) is 2. The summed E-state index contributed by atoms with van der Waals surface area (Å²) in [7, 11) is 0. The zero-order valence-electron chi connectivity index (χ0n) is 5.78. The second-order valence-electron chi connectivity index (χ2n) is 2.28. The van der Waals surface area contributed by atoms with Gasteiger partial charge in [0.2, 0.25) is 0 Å². The molecule has 0 saturated heterocycles. The Balaban J connectivity index is 2.91. The van der Waals surface area contributed by atoms with Gasteiger partial charge >= 0.3 is 0 Å². The molecule has 0 spiro atoms. The minimum Gasteiger partial charge on any atom is -0.507 e. The van der Waals surface area contributed by atoms with Crippen LogP contribution in [0, 0.1) is 6.20 Å². The van der Waals surface area contributed by atoms with Crippen molar-refractivity contribution < 1.29 is 5.11 Å². The Morgan fingerprint density at radius 2 is 2.18 bits per heavy atom. The van der Waals surface area contributed by atoms with Gasteiger partial charge < -0.3 is 5.11 Å². The Morgan fingerprint density at radius 1 is 1.27 bits per heavy atom. The lowest BCUT2D eigenvalue weighted by Gasteiger charge is -1.96. The number of benzene rings is 1. The monoisotopic (exact) mass is 144 g/mol. The van der Waals surface area contributed by atoms with Gasteiger partial charge in [-0.1, -0.05) is 6.07 Å². The number of rotatable bonds is 0. The van der Waals surface area contributed by atoms with Gasteiger partial charge in [0, 0.05) is 5.39 Å². The molecule has 0 unspecified atom stereocenters. The molecule has 11 heavy (non-hydrogen) atoms. The van der Waals surface area contributed by atoms with Crippen molar-refractivity contribution in [2.75, 3.05) is 0 Å². The minimum atomic E-state index is 0.268. The van der Waals surface area contributed by atoms with E-state index in [9.17, 15) is 5.11 Å². The molecule has 2 heteroatoms. The predicted molar refractivity (Wildman–Crippen MR) is 42.2 cm³/mol. The maximum Gasteiger partial charge on any atom is 0.124 e. The Bertz CT molecular complexity index is 379. The predicted octanol–water partition coefficient (Wildman–Crippen LogP) is 1.74. The molecule has 1 aromatic carbocycles. The van der Waals surface area contributed by atoms with E-state index in [2.05, 4.69) is 11.2 Å². The van der Waals surface area contributed by atoms with Crippen molar-refractivity contribution in [2.24, 2.45) is 0 Å². The smallest absolute Gasteiger partial charge is 0.124 e. The molecule has 0 bridgehead atoms. The van der Waals surface area contributed by atoms with E-state index in [-0.39, 0.29) is 5.75 Å². The summed E-state index contributed by atoms with van der Waals surface area (Å²) in [6.07, 6.45) is 2.70. The summed E-state index contributed by atoms with van der Waals surface area (Å²) in [4.78, 5) is 3.96. The van der Waals surface area contributed by atoms with E-state index >= 15 is 0 Å². The van der Waals surface area contributed by atoms with Gasteiger partial charge in [-0.15, -0.1) is 0 Å². The summed E-state index contributed by atoms with van der Waals surface area (Å²) in [5.74, 6) is 0.268. The van der Waals surface area contributed by atoms with Crippen molar-refractivity contribution in [3.63, 3.8) is 0 Å². The topological polar surface area (TPSA) is 33.1 Å². The first-order valence-corrected chi connectivity index (χ1v) is 3.33. The Hall–Kier alpha value is -1.57. The van der Waals surface area contributed by atoms with Crippen molar-refractivity contribution in [1.29, 1.82) is 0 Å². The molecule has 1 radical (unpaired) electrons. The van der Waals surface area contributed by atoms with Crippen molar-refractivity contribution in [2.45, 2.75) is 0 Å². The van der Waals surface area contributed by atoms with Gasteiger partial charge in [0.25, 0.3) is 0 Å². The van der Waals surface area contributed by atoms with Crippen LogP contribution in [0.25, 0.3) is 10.9 Å². The molecule has 0 amide bonds. The second-order valence-corrected chi connectivity index (χ2v) is 2.28. The van der Waals surface area contributed by atoms with Crippen molar-refractivity contribution in [1.82, 2.24) is 4.98 Å². The average Bonchev–Trinajstić information content (AvgIpc) is 2.06. The summed E-state index contributed by atoms with van der Waals surface area (Å²) in [6.45, 7) is 0. The van der Waals surface area contributed by atoms with Crippen LogP contribution in [0.15, 0.2) is 30.3 Å². The Kier molecular flexibility index (Phi) is 1.25. The third-order valence-corrected chi connectivity index (χ3v) is 1.57. The summed E-state index contributed by atoms with van der Waals surface area (Å²) < 4.78 is 0. The van der Waals surface area contributed by atoms with Crippen LogP contribution in [-0.2, 0) is 0 Å². The zero-order chi connectivity index (χ0) is 7.68. The fraction of sp³-hybridized carbons (Fsp3) is 0. The Labute approximate surface area is 64.1 Å². The lowest BCUT2D eigenvalue weighted by atomic mass is 10.2. The number of pyridine rings is 1. The summed E-state index contributed by atoms with van der Waals surface area (Å²) in [5, 5.41) is 10.1. The molecule has 2 rings (SSSR count). The molecule has 0 aliphatic rings. The van der Waals surface area contributed by atoms with Crippen LogP contribution in [-0.4, -0.2) is 10.1 Å². The number of nitrogens with zero attached hydrogens (tertiary/aromatic N) is 1. The van der Waals surface area contributed by atoms with Crippen LogP contribution < -0.4 is 0 Å². The molecular formula is C9H6NO. The molecule has 0 atom stereocenters. The van der Waals surface area contributed by atoms with E-state index in [1.54, 1.807) is 24.3 Å². The highest BCUT2D eigenvalue weighted by Gasteiger charge is 1.96. The molecule has 0 saturated carbocycles. The fourth-order valence-corrected chi connectivity index (χ4v) is 1.04. The molecule has 1 N–H and O–H groups in total. The van der Waals surface area contributed by atoms with E-state index in [0.717, 1.165) is 10.9 Å². The van der Waals surface area contributed by atoms with Gasteiger partial charge in [0.05, 0.1) is 11.7 Å². The number of aromatic hydroxyl groups is 1. The molecule has 0 fully saturated rings. The Morgan fingerprint density at radius 3 is 3.00 bits per heavy atom. The van der Waals surface area contributed by atoms with Gasteiger partial charge in [-0.05, 0) is 24.3 Å². The first-order chi connectivity index (χ1) is 5.38. The largest absolute Gasteiger partial charge is 0.507 e. The standard InChI is InChI=1S/C9H6NO/c11-9-5-1-4-8-7(9)3-2-6-10-8/h1-5,11H.